The van der Waals surface area contributed by atoms with E-state index in [4.69, 9.17) is 30.5 Å². The summed E-state index contributed by atoms with van der Waals surface area (Å²) < 4.78 is 22.4. The number of nitrogens with one attached hydrogen (secondary N) is 1. The normalized spacial score (nSPS) is 15.3. The second-order valence-electron chi connectivity index (χ2n) is 6.86. The predicted molar refractivity (Wildman–Crippen MR) is 114 cm³/mol. The molecule has 0 spiro atoms. The van der Waals surface area contributed by atoms with E-state index in [-0.39, 0.29) is 12.3 Å². The fourth-order valence-corrected chi connectivity index (χ4v) is 3.16. The van der Waals surface area contributed by atoms with Crippen molar-refractivity contribution in [1.29, 1.82) is 0 Å². The summed E-state index contributed by atoms with van der Waals surface area (Å²) in [6, 6.07) is 12.9. The van der Waals surface area contributed by atoms with Crippen LogP contribution in [0, 0.1) is 0 Å². The number of rotatable bonds is 9. The molecule has 160 valence electrons. The van der Waals surface area contributed by atoms with E-state index in [1.54, 1.807) is 25.3 Å². The van der Waals surface area contributed by atoms with Gasteiger partial charge in [0, 0.05) is 5.02 Å². The van der Waals surface area contributed by atoms with Gasteiger partial charge in [0.15, 0.2) is 17.3 Å². The molecule has 8 heteroatoms. The Morgan fingerprint density at radius 1 is 1.20 bits per heavy atom. The maximum atomic E-state index is 12.0. The van der Waals surface area contributed by atoms with Gasteiger partial charge in [0.2, 0.25) is 5.91 Å². The monoisotopic (exact) mass is 432 g/mol. The second kappa shape index (κ2) is 10.4. The van der Waals surface area contributed by atoms with Crippen LogP contribution in [-0.4, -0.2) is 37.7 Å². The van der Waals surface area contributed by atoms with Crippen LogP contribution in [0.1, 0.15) is 31.4 Å². The van der Waals surface area contributed by atoms with E-state index < -0.39 is 5.79 Å². The van der Waals surface area contributed by atoms with Crippen molar-refractivity contribution in [3.8, 4) is 11.5 Å². The molecule has 1 heterocycles. The Morgan fingerprint density at radius 2 is 2.00 bits per heavy atom. The molecule has 0 aliphatic carbocycles. The highest BCUT2D eigenvalue weighted by Gasteiger charge is 2.33. The summed E-state index contributed by atoms with van der Waals surface area (Å²) in [5.41, 5.74) is 4.21. The second-order valence-corrected chi connectivity index (χ2v) is 7.29. The fourth-order valence-electron chi connectivity index (χ4n) is 2.95. The molecule has 7 nitrogen and oxygen atoms in total. The summed E-state index contributed by atoms with van der Waals surface area (Å²) in [7, 11) is 0. The van der Waals surface area contributed by atoms with Gasteiger partial charge in [-0.25, -0.2) is 5.43 Å². The number of benzene rings is 2. The van der Waals surface area contributed by atoms with Crippen LogP contribution in [0.25, 0.3) is 0 Å². The van der Waals surface area contributed by atoms with E-state index >= 15 is 0 Å². The Labute approximate surface area is 180 Å². The molecule has 1 aliphatic heterocycles. The number of hydrogen-bond acceptors (Lipinski definition) is 6. The third-order valence-electron chi connectivity index (χ3n) is 4.33. The minimum absolute atomic E-state index is 0.0742. The SMILES string of the molecule is CCOc1cc(/C=N\NC(=O)CC2(C)OCCO2)ccc1OCc1cccc(Cl)c1. The van der Waals surface area contributed by atoms with E-state index in [0.29, 0.717) is 42.9 Å². The molecule has 0 bridgehead atoms. The lowest BCUT2D eigenvalue weighted by Gasteiger charge is -2.20. The molecule has 1 saturated heterocycles. The zero-order chi connectivity index (χ0) is 21.4. The summed E-state index contributed by atoms with van der Waals surface area (Å²) >= 11 is 6.02. The molecule has 1 N–H and O–H groups in total. The molecule has 0 aromatic heterocycles. The van der Waals surface area contributed by atoms with Crippen molar-refractivity contribution in [2.45, 2.75) is 32.7 Å². The molecule has 2 aromatic rings. The van der Waals surface area contributed by atoms with Gasteiger partial charge >= 0.3 is 0 Å². The Bertz CT molecular complexity index is 897. The molecule has 30 heavy (non-hydrogen) atoms. The smallest absolute Gasteiger partial charge is 0.245 e. The quantitative estimate of drug-likeness (QED) is 0.480. The van der Waals surface area contributed by atoms with Crippen LogP contribution >= 0.6 is 11.6 Å². The van der Waals surface area contributed by atoms with Crippen LogP contribution in [-0.2, 0) is 20.9 Å². The highest BCUT2D eigenvalue weighted by molar-refractivity contribution is 6.30. The summed E-state index contributed by atoms with van der Waals surface area (Å²) in [6.07, 6.45) is 1.62. The highest BCUT2D eigenvalue weighted by Crippen LogP contribution is 2.29. The van der Waals surface area contributed by atoms with Gasteiger partial charge in [0.1, 0.15) is 6.61 Å². The molecule has 0 unspecified atom stereocenters. The van der Waals surface area contributed by atoms with Gasteiger partial charge < -0.3 is 18.9 Å². The molecule has 0 saturated carbocycles. The van der Waals surface area contributed by atoms with Crippen LogP contribution < -0.4 is 14.9 Å². The molecule has 0 radical (unpaired) electrons. The standard InChI is InChI=1S/C22H25ClN2O5/c1-3-27-20-12-16(14-24-25-21(26)13-22(2)29-9-10-30-22)7-8-19(20)28-15-17-5-4-6-18(23)11-17/h4-8,11-12,14H,3,9-10,13,15H2,1-2H3,(H,25,26)/b24-14-. The molecule has 1 fully saturated rings. The van der Waals surface area contributed by atoms with Gasteiger partial charge in [-0.3, -0.25) is 4.79 Å². The van der Waals surface area contributed by atoms with Crippen molar-refractivity contribution in [3.63, 3.8) is 0 Å². The van der Waals surface area contributed by atoms with E-state index in [2.05, 4.69) is 10.5 Å². The van der Waals surface area contributed by atoms with Crippen molar-refractivity contribution in [3.05, 3.63) is 58.6 Å². The average Bonchev–Trinajstić information content (AvgIpc) is 3.13. The van der Waals surface area contributed by atoms with E-state index in [1.807, 2.05) is 37.3 Å². The van der Waals surface area contributed by atoms with Crippen molar-refractivity contribution in [1.82, 2.24) is 5.43 Å². The van der Waals surface area contributed by atoms with Crippen LogP contribution in [0.5, 0.6) is 11.5 Å². The van der Waals surface area contributed by atoms with Gasteiger partial charge in [0.05, 0.1) is 32.5 Å². The largest absolute Gasteiger partial charge is 0.490 e. The van der Waals surface area contributed by atoms with Gasteiger partial charge in [-0.05, 0) is 55.3 Å². The molecular formula is C22H25ClN2O5. The molecule has 1 amide bonds. The summed E-state index contributed by atoms with van der Waals surface area (Å²) in [4.78, 5) is 12.0. The lowest BCUT2D eigenvalue weighted by atomic mass is 10.2. The van der Waals surface area contributed by atoms with Crippen LogP contribution in [0.15, 0.2) is 47.6 Å². The van der Waals surface area contributed by atoms with Gasteiger partial charge in [-0.15, -0.1) is 0 Å². The summed E-state index contributed by atoms with van der Waals surface area (Å²) in [5.74, 6) is 0.0302. The van der Waals surface area contributed by atoms with Gasteiger partial charge in [0.25, 0.3) is 0 Å². The number of hydrogen-bond donors (Lipinski definition) is 1. The van der Waals surface area contributed by atoms with Crippen molar-refractivity contribution in [2.75, 3.05) is 19.8 Å². The first kappa shape index (κ1) is 22.1. The molecule has 0 atom stereocenters. The van der Waals surface area contributed by atoms with Gasteiger partial charge in [-0.1, -0.05) is 23.7 Å². The molecule has 2 aromatic carbocycles. The minimum atomic E-state index is -0.885. The maximum absolute atomic E-state index is 12.0. The topological polar surface area (TPSA) is 78.4 Å². The predicted octanol–water partition coefficient (Wildman–Crippen LogP) is 3.92. The Morgan fingerprint density at radius 3 is 2.73 bits per heavy atom. The molecular weight excluding hydrogens is 408 g/mol. The fraction of sp³-hybridized carbons (Fsp3) is 0.364. The Hall–Kier alpha value is -2.61. The third kappa shape index (κ3) is 6.45. The highest BCUT2D eigenvalue weighted by atomic mass is 35.5. The van der Waals surface area contributed by atoms with Crippen LogP contribution in [0.2, 0.25) is 5.02 Å². The van der Waals surface area contributed by atoms with Crippen molar-refractivity contribution >= 4 is 23.7 Å². The number of hydrazone groups is 1. The van der Waals surface area contributed by atoms with E-state index in [0.717, 1.165) is 11.1 Å². The molecule has 1 aliphatic rings. The number of carbonyl (C=O) groups is 1. The van der Waals surface area contributed by atoms with Crippen LogP contribution in [0.3, 0.4) is 0 Å². The van der Waals surface area contributed by atoms with Crippen molar-refractivity contribution in [2.24, 2.45) is 5.10 Å². The number of carbonyl (C=O) groups excluding carboxylic acids is 1. The number of halogens is 1. The van der Waals surface area contributed by atoms with E-state index in [1.165, 1.54) is 0 Å². The third-order valence-corrected chi connectivity index (χ3v) is 4.57. The van der Waals surface area contributed by atoms with Crippen molar-refractivity contribution < 1.29 is 23.7 Å². The number of nitrogens with zero attached hydrogens (tertiary/aromatic N) is 1. The summed E-state index contributed by atoms with van der Waals surface area (Å²) in [5, 5.41) is 4.66. The lowest BCUT2D eigenvalue weighted by molar-refractivity contribution is -0.159. The first-order chi connectivity index (χ1) is 14.5. The first-order valence-corrected chi connectivity index (χ1v) is 10.1. The zero-order valence-corrected chi connectivity index (χ0v) is 17.8. The summed E-state index contributed by atoms with van der Waals surface area (Å²) in [6.45, 7) is 5.46. The molecule has 3 rings (SSSR count). The van der Waals surface area contributed by atoms with E-state index in [9.17, 15) is 4.79 Å². The first-order valence-electron chi connectivity index (χ1n) is 9.71. The minimum Gasteiger partial charge on any atom is -0.490 e. The van der Waals surface area contributed by atoms with Crippen LogP contribution in [0.4, 0.5) is 0 Å². The number of ether oxygens (including phenoxy) is 4. The Kier molecular flexibility index (Phi) is 7.68. The lowest BCUT2D eigenvalue weighted by Crippen LogP contribution is -2.33. The van der Waals surface area contributed by atoms with Gasteiger partial charge in [-0.2, -0.15) is 5.10 Å². The zero-order valence-electron chi connectivity index (χ0n) is 17.0. The average molecular weight is 433 g/mol. The maximum Gasteiger partial charge on any atom is 0.245 e. The Balaban J connectivity index is 1.59. The number of amides is 1.